The Morgan fingerprint density at radius 2 is 1.74 bits per heavy atom. The number of aliphatic carboxylic acids is 1. The summed E-state index contributed by atoms with van der Waals surface area (Å²) in [6.45, 7) is 6.62. The molecule has 0 spiro atoms. The van der Waals surface area contributed by atoms with Crippen LogP contribution < -0.4 is 0 Å². The van der Waals surface area contributed by atoms with E-state index in [4.69, 9.17) is 0 Å². The summed E-state index contributed by atoms with van der Waals surface area (Å²) < 4.78 is 0. The Morgan fingerprint density at radius 1 is 1.17 bits per heavy atom. The first-order chi connectivity index (χ1) is 11.0. The van der Waals surface area contributed by atoms with Crippen LogP contribution in [0.4, 0.5) is 0 Å². The van der Waals surface area contributed by atoms with Gasteiger partial charge in [0.15, 0.2) is 0 Å². The fourth-order valence-electron chi connectivity index (χ4n) is 4.05. The highest BCUT2D eigenvalue weighted by Gasteiger charge is 2.57. The van der Waals surface area contributed by atoms with E-state index in [9.17, 15) is 15.0 Å². The van der Waals surface area contributed by atoms with Gasteiger partial charge in [-0.15, -0.1) is 0 Å². The highest BCUT2D eigenvalue weighted by Crippen LogP contribution is 2.48. The topological polar surface area (TPSA) is 60.8 Å². The van der Waals surface area contributed by atoms with Crippen LogP contribution in [0.25, 0.3) is 0 Å². The summed E-state index contributed by atoms with van der Waals surface area (Å²) >= 11 is 0. The lowest BCUT2D eigenvalue weighted by Crippen LogP contribution is -2.56. The maximum absolute atomic E-state index is 12.4. The van der Waals surface area contributed by atoms with Crippen LogP contribution in [0.15, 0.2) is 30.3 Å². The molecule has 2 rings (SSSR count). The predicted molar refractivity (Wildman–Crippen MR) is 91.6 cm³/mol. The molecule has 0 unspecified atom stereocenters. The van der Waals surface area contributed by atoms with Gasteiger partial charge < -0.3 is 15.1 Å². The summed E-state index contributed by atoms with van der Waals surface area (Å²) in [6.07, 6.45) is 3.34. The molecule has 1 fully saturated rings. The second-order valence-electron chi connectivity index (χ2n) is 6.59. The van der Waals surface area contributed by atoms with E-state index in [1.165, 1.54) is 0 Å². The van der Waals surface area contributed by atoms with Crippen LogP contribution >= 0.6 is 0 Å². The standard InChI is InChI=1S/C19H29NO3/c1-3-20(4-2)15-14-19(17(21)22,16-10-6-5-7-11-16)18(23)12-8-9-13-18/h5-7,10-11,23H,3-4,8-9,12-15H2,1-2H3,(H,21,22)/t19-/m0/s1. The van der Waals surface area contributed by atoms with Gasteiger partial charge in [0.25, 0.3) is 0 Å². The number of hydrogen-bond acceptors (Lipinski definition) is 3. The number of carbonyl (C=O) groups is 1. The van der Waals surface area contributed by atoms with Gasteiger partial charge in [-0.2, -0.15) is 0 Å². The number of carboxylic acid groups (broad SMARTS) is 1. The second kappa shape index (κ2) is 7.45. The van der Waals surface area contributed by atoms with Gasteiger partial charge in [0.05, 0.1) is 5.60 Å². The first-order valence-corrected chi connectivity index (χ1v) is 8.74. The van der Waals surface area contributed by atoms with Gasteiger partial charge in [0, 0.05) is 0 Å². The molecule has 1 aromatic rings. The monoisotopic (exact) mass is 319 g/mol. The molecule has 128 valence electrons. The zero-order valence-electron chi connectivity index (χ0n) is 14.3. The Labute approximate surface area is 139 Å². The molecule has 0 aromatic heterocycles. The Morgan fingerprint density at radius 3 is 2.22 bits per heavy atom. The molecule has 1 saturated carbocycles. The molecular formula is C19H29NO3. The third-order valence-electron chi connectivity index (χ3n) is 5.55. The minimum absolute atomic E-state index is 0.435. The molecule has 0 aliphatic heterocycles. The van der Waals surface area contributed by atoms with Crippen LogP contribution in [-0.2, 0) is 10.2 Å². The molecule has 1 atom stereocenters. The first kappa shape index (κ1) is 18.0. The van der Waals surface area contributed by atoms with Crippen molar-refractivity contribution in [3.05, 3.63) is 35.9 Å². The van der Waals surface area contributed by atoms with Crippen LogP contribution in [0, 0.1) is 0 Å². The average molecular weight is 319 g/mol. The average Bonchev–Trinajstić information content (AvgIpc) is 3.00. The van der Waals surface area contributed by atoms with Crippen molar-refractivity contribution in [2.24, 2.45) is 0 Å². The highest BCUT2D eigenvalue weighted by molar-refractivity contribution is 5.83. The Bertz CT molecular complexity index is 507. The van der Waals surface area contributed by atoms with E-state index in [0.29, 0.717) is 25.8 Å². The van der Waals surface area contributed by atoms with E-state index in [0.717, 1.165) is 31.5 Å². The third-order valence-corrected chi connectivity index (χ3v) is 5.55. The molecule has 1 aromatic carbocycles. The van der Waals surface area contributed by atoms with E-state index < -0.39 is 17.0 Å². The van der Waals surface area contributed by atoms with Crippen molar-refractivity contribution in [1.29, 1.82) is 0 Å². The lowest BCUT2D eigenvalue weighted by atomic mass is 9.64. The number of nitrogens with zero attached hydrogens (tertiary/aromatic N) is 1. The lowest BCUT2D eigenvalue weighted by Gasteiger charge is -2.43. The SMILES string of the molecule is CCN(CC)CC[C@@](C(=O)O)(c1ccccc1)C1(O)CCCC1. The largest absolute Gasteiger partial charge is 0.480 e. The van der Waals surface area contributed by atoms with Crippen molar-refractivity contribution in [1.82, 2.24) is 4.90 Å². The van der Waals surface area contributed by atoms with Crippen molar-refractivity contribution in [3.8, 4) is 0 Å². The van der Waals surface area contributed by atoms with Crippen molar-refractivity contribution in [2.45, 2.75) is 57.0 Å². The van der Waals surface area contributed by atoms with Crippen LogP contribution in [-0.4, -0.2) is 46.3 Å². The summed E-state index contributed by atoms with van der Waals surface area (Å²) in [5.74, 6) is -0.903. The van der Waals surface area contributed by atoms with Crippen LogP contribution in [0.1, 0.15) is 51.5 Å². The Kier molecular flexibility index (Phi) is 5.82. The van der Waals surface area contributed by atoms with Crippen LogP contribution in [0.5, 0.6) is 0 Å². The fraction of sp³-hybridized carbons (Fsp3) is 0.632. The van der Waals surface area contributed by atoms with Crippen LogP contribution in [0.3, 0.4) is 0 Å². The van der Waals surface area contributed by atoms with E-state index in [2.05, 4.69) is 18.7 Å². The van der Waals surface area contributed by atoms with Gasteiger partial charge in [-0.1, -0.05) is 57.0 Å². The molecule has 1 aliphatic carbocycles. The predicted octanol–water partition coefficient (Wildman–Crippen LogP) is 3.05. The summed E-state index contributed by atoms with van der Waals surface area (Å²) in [5.41, 5.74) is -1.66. The Hall–Kier alpha value is -1.39. The maximum atomic E-state index is 12.4. The van der Waals surface area contributed by atoms with Gasteiger partial charge >= 0.3 is 5.97 Å². The van der Waals surface area contributed by atoms with E-state index in [-0.39, 0.29) is 0 Å². The fourth-order valence-corrected chi connectivity index (χ4v) is 4.05. The van der Waals surface area contributed by atoms with E-state index in [1.807, 2.05) is 30.3 Å². The smallest absolute Gasteiger partial charge is 0.317 e. The van der Waals surface area contributed by atoms with Crippen molar-refractivity contribution in [2.75, 3.05) is 19.6 Å². The number of aliphatic hydroxyl groups is 1. The summed E-state index contributed by atoms with van der Waals surface area (Å²) in [4.78, 5) is 14.6. The third kappa shape index (κ3) is 3.29. The van der Waals surface area contributed by atoms with E-state index >= 15 is 0 Å². The molecule has 0 amide bonds. The Balaban J connectivity index is 2.45. The molecule has 2 N–H and O–H groups in total. The summed E-state index contributed by atoms with van der Waals surface area (Å²) in [7, 11) is 0. The van der Waals surface area contributed by atoms with Gasteiger partial charge in [-0.25, -0.2) is 0 Å². The van der Waals surface area contributed by atoms with Gasteiger partial charge in [0.2, 0.25) is 0 Å². The molecule has 0 radical (unpaired) electrons. The van der Waals surface area contributed by atoms with Gasteiger partial charge in [-0.05, 0) is 44.5 Å². The maximum Gasteiger partial charge on any atom is 0.317 e. The van der Waals surface area contributed by atoms with Gasteiger partial charge in [0.1, 0.15) is 5.41 Å². The van der Waals surface area contributed by atoms with Gasteiger partial charge in [-0.3, -0.25) is 4.79 Å². The van der Waals surface area contributed by atoms with Crippen molar-refractivity contribution < 1.29 is 15.0 Å². The molecule has 0 bridgehead atoms. The summed E-state index contributed by atoms with van der Waals surface area (Å²) in [6, 6.07) is 9.32. The molecule has 0 saturated heterocycles. The number of hydrogen-bond donors (Lipinski definition) is 2. The number of benzene rings is 1. The zero-order valence-corrected chi connectivity index (χ0v) is 14.3. The molecular weight excluding hydrogens is 290 g/mol. The minimum Gasteiger partial charge on any atom is -0.480 e. The normalized spacial score (nSPS) is 19.7. The minimum atomic E-state index is -1.23. The van der Waals surface area contributed by atoms with E-state index in [1.54, 1.807) is 0 Å². The second-order valence-corrected chi connectivity index (χ2v) is 6.59. The number of carboxylic acids is 1. The van der Waals surface area contributed by atoms with Crippen molar-refractivity contribution >= 4 is 5.97 Å². The molecule has 0 heterocycles. The lowest BCUT2D eigenvalue weighted by molar-refractivity contribution is -0.158. The van der Waals surface area contributed by atoms with Crippen LogP contribution in [0.2, 0.25) is 0 Å². The summed E-state index contributed by atoms with van der Waals surface area (Å²) in [5, 5.41) is 21.5. The first-order valence-electron chi connectivity index (χ1n) is 8.74. The highest BCUT2D eigenvalue weighted by atomic mass is 16.4. The zero-order chi connectivity index (χ0) is 16.9. The van der Waals surface area contributed by atoms with Crippen molar-refractivity contribution in [3.63, 3.8) is 0 Å². The quantitative estimate of drug-likeness (QED) is 0.773. The molecule has 4 nitrogen and oxygen atoms in total. The molecule has 1 aliphatic rings. The molecule has 23 heavy (non-hydrogen) atoms. The number of rotatable bonds is 8. The molecule has 4 heteroatoms.